The van der Waals surface area contributed by atoms with E-state index in [1.54, 1.807) is 24.3 Å². The third-order valence-corrected chi connectivity index (χ3v) is 6.14. The maximum atomic E-state index is 12.7. The fourth-order valence-electron chi connectivity index (χ4n) is 2.47. The lowest BCUT2D eigenvalue weighted by molar-refractivity contribution is -0.384. The zero-order valence-corrected chi connectivity index (χ0v) is 18.2. The fraction of sp³-hybridized carbons (Fsp3) is 0. The van der Waals surface area contributed by atoms with E-state index < -0.39 is 20.9 Å². The van der Waals surface area contributed by atoms with Gasteiger partial charge in [-0.25, -0.2) is 8.42 Å². The number of carbonyl (C=O) groups excluding carboxylic acids is 1. The Morgan fingerprint density at radius 1 is 1.00 bits per heavy atom. The molecule has 0 saturated heterocycles. The van der Waals surface area contributed by atoms with Crippen molar-refractivity contribution in [3.05, 3.63) is 91.9 Å². The molecule has 0 radical (unpaired) electrons. The van der Waals surface area contributed by atoms with E-state index in [0.717, 1.165) is 10.5 Å². The predicted octanol–water partition coefficient (Wildman–Crippen LogP) is 5.06. The van der Waals surface area contributed by atoms with Gasteiger partial charge in [-0.2, -0.15) is 0 Å². The van der Waals surface area contributed by atoms with Crippen LogP contribution >= 0.6 is 27.5 Å². The van der Waals surface area contributed by atoms with Crippen LogP contribution in [0, 0.1) is 10.1 Å². The molecule has 0 bridgehead atoms. The van der Waals surface area contributed by atoms with Gasteiger partial charge in [-0.05, 0) is 48.5 Å². The minimum atomic E-state index is -3.98. The maximum Gasteiger partial charge on any atom is 0.271 e. The number of amides is 1. The lowest BCUT2D eigenvalue weighted by atomic mass is 10.2. The molecular formula is C19H13BrClN3O5S. The van der Waals surface area contributed by atoms with Gasteiger partial charge in [0, 0.05) is 28.0 Å². The van der Waals surface area contributed by atoms with Gasteiger partial charge in [0.2, 0.25) is 0 Å². The third kappa shape index (κ3) is 5.15. The zero-order valence-electron chi connectivity index (χ0n) is 15.0. The van der Waals surface area contributed by atoms with Crippen LogP contribution < -0.4 is 10.0 Å². The van der Waals surface area contributed by atoms with E-state index in [1.807, 2.05) is 0 Å². The smallest absolute Gasteiger partial charge is 0.271 e. The minimum Gasteiger partial charge on any atom is -0.322 e. The fourth-order valence-corrected chi connectivity index (χ4v) is 4.03. The Kier molecular flexibility index (Phi) is 6.40. The molecule has 11 heteroatoms. The second-order valence-electron chi connectivity index (χ2n) is 6.02. The van der Waals surface area contributed by atoms with Crippen LogP contribution in [0.5, 0.6) is 0 Å². The van der Waals surface area contributed by atoms with E-state index in [1.165, 1.54) is 36.4 Å². The Hall–Kier alpha value is -2.95. The SMILES string of the molecule is O=C(Nc1cccc([N+](=O)[O-])c1)c1cc(S(=O)(=O)Nc2ccc(Br)cc2)ccc1Cl. The number of nitro benzene ring substituents is 1. The van der Waals surface area contributed by atoms with Crippen molar-refractivity contribution in [1.82, 2.24) is 0 Å². The van der Waals surface area contributed by atoms with Gasteiger partial charge in [0.25, 0.3) is 21.6 Å². The minimum absolute atomic E-state index is 0.0283. The first-order valence-electron chi connectivity index (χ1n) is 8.29. The normalized spacial score (nSPS) is 11.0. The number of halogens is 2. The standard InChI is InChI=1S/C19H13BrClN3O5S/c20-12-4-6-13(7-5-12)23-30(28,29)16-8-9-18(21)17(11-16)19(25)22-14-2-1-3-15(10-14)24(26)27/h1-11,23H,(H,22,25). The molecule has 3 aromatic rings. The molecule has 0 heterocycles. The number of carbonyl (C=O) groups is 1. The van der Waals surface area contributed by atoms with E-state index in [2.05, 4.69) is 26.0 Å². The number of rotatable bonds is 6. The maximum absolute atomic E-state index is 12.7. The van der Waals surface area contributed by atoms with Crippen molar-refractivity contribution in [2.45, 2.75) is 4.90 Å². The van der Waals surface area contributed by atoms with E-state index in [0.29, 0.717) is 5.69 Å². The van der Waals surface area contributed by atoms with Gasteiger partial charge in [-0.1, -0.05) is 33.6 Å². The number of hydrogen-bond acceptors (Lipinski definition) is 5. The van der Waals surface area contributed by atoms with Gasteiger partial charge in [0.15, 0.2) is 0 Å². The zero-order chi connectivity index (χ0) is 21.9. The molecule has 0 fully saturated rings. The van der Waals surface area contributed by atoms with Gasteiger partial charge in [0.1, 0.15) is 0 Å². The monoisotopic (exact) mass is 509 g/mol. The van der Waals surface area contributed by atoms with Crippen LogP contribution in [0.15, 0.2) is 76.1 Å². The van der Waals surface area contributed by atoms with Gasteiger partial charge in [-0.15, -0.1) is 0 Å². The number of nitrogens with zero attached hydrogens (tertiary/aromatic N) is 1. The predicted molar refractivity (Wildman–Crippen MR) is 117 cm³/mol. The molecule has 0 saturated carbocycles. The molecule has 2 N–H and O–H groups in total. The summed E-state index contributed by atoms with van der Waals surface area (Å²) in [5.74, 6) is -0.707. The van der Waals surface area contributed by atoms with E-state index >= 15 is 0 Å². The van der Waals surface area contributed by atoms with Crippen LogP contribution in [0.2, 0.25) is 5.02 Å². The molecule has 0 atom stereocenters. The van der Waals surface area contributed by atoms with Crippen molar-refractivity contribution in [2.24, 2.45) is 0 Å². The van der Waals surface area contributed by atoms with Gasteiger partial charge >= 0.3 is 0 Å². The van der Waals surface area contributed by atoms with Gasteiger partial charge in [0.05, 0.1) is 20.4 Å². The Balaban J connectivity index is 1.87. The molecule has 0 spiro atoms. The molecule has 8 nitrogen and oxygen atoms in total. The van der Waals surface area contributed by atoms with Crippen molar-refractivity contribution in [1.29, 1.82) is 0 Å². The first-order chi connectivity index (χ1) is 14.2. The highest BCUT2D eigenvalue weighted by Crippen LogP contribution is 2.25. The average molecular weight is 511 g/mol. The molecule has 0 aliphatic heterocycles. The summed E-state index contributed by atoms with van der Waals surface area (Å²) in [5.41, 5.74) is 0.220. The molecule has 0 aromatic heterocycles. The van der Waals surface area contributed by atoms with Crippen molar-refractivity contribution >= 4 is 60.5 Å². The summed E-state index contributed by atoms with van der Waals surface area (Å²) < 4.78 is 28.6. The van der Waals surface area contributed by atoms with Gasteiger partial charge < -0.3 is 5.32 Å². The lowest BCUT2D eigenvalue weighted by Crippen LogP contribution is -2.16. The summed E-state index contributed by atoms with van der Waals surface area (Å²) in [6, 6.07) is 15.6. The molecule has 30 heavy (non-hydrogen) atoms. The topological polar surface area (TPSA) is 118 Å². The summed E-state index contributed by atoms with van der Waals surface area (Å²) >= 11 is 9.35. The highest BCUT2D eigenvalue weighted by atomic mass is 79.9. The molecule has 3 aromatic carbocycles. The van der Waals surface area contributed by atoms with Crippen molar-refractivity contribution < 1.29 is 18.1 Å². The van der Waals surface area contributed by atoms with E-state index in [-0.39, 0.29) is 26.9 Å². The van der Waals surface area contributed by atoms with Crippen LogP contribution in [0.1, 0.15) is 10.4 Å². The molecule has 0 unspecified atom stereocenters. The number of hydrogen-bond donors (Lipinski definition) is 2. The van der Waals surface area contributed by atoms with E-state index in [4.69, 9.17) is 11.6 Å². The molecule has 3 rings (SSSR count). The third-order valence-electron chi connectivity index (χ3n) is 3.90. The number of sulfonamides is 1. The molecule has 1 amide bonds. The van der Waals surface area contributed by atoms with Crippen molar-refractivity contribution in [3.63, 3.8) is 0 Å². The number of benzene rings is 3. The Bertz CT molecular complexity index is 1230. The molecule has 154 valence electrons. The number of nitrogens with one attached hydrogen (secondary N) is 2. The highest BCUT2D eigenvalue weighted by molar-refractivity contribution is 9.10. The Morgan fingerprint density at radius 3 is 2.37 bits per heavy atom. The lowest BCUT2D eigenvalue weighted by Gasteiger charge is -2.11. The number of anilines is 2. The van der Waals surface area contributed by atoms with Gasteiger partial charge in [-0.3, -0.25) is 19.6 Å². The second-order valence-corrected chi connectivity index (χ2v) is 9.02. The van der Waals surface area contributed by atoms with Crippen LogP contribution in [-0.4, -0.2) is 19.2 Å². The van der Waals surface area contributed by atoms with Crippen molar-refractivity contribution in [3.8, 4) is 0 Å². The first kappa shape index (κ1) is 21.8. The summed E-state index contributed by atoms with van der Waals surface area (Å²) in [5, 5.41) is 13.4. The van der Waals surface area contributed by atoms with Crippen LogP contribution in [0.3, 0.4) is 0 Å². The summed E-state index contributed by atoms with van der Waals surface area (Å²) in [4.78, 5) is 22.7. The summed E-state index contributed by atoms with van der Waals surface area (Å²) in [6.45, 7) is 0. The summed E-state index contributed by atoms with van der Waals surface area (Å²) in [7, 11) is -3.98. The second kappa shape index (κ2) is 8.82. The summed E-state index contributed by atoms with van der Waals surface area (Å²) in [6.07, 6.45) is 0. The number of nitro groups is 1. The average Bonchev–Trinajstić information content (AvgIpc) is 2.70. The van der Waals surface area contributed by atoms with Crippen LogP contribution in [0.25, 0.3) is 0 Å². The number of non-ortho nitro benzene ring substituents is 1. The largest absolute Gasteiger partial charge is 0.322 e. The molecular weight excluding hydrogens is 498 g/mol. The highest BCUT2D eigenvalue weighted by Gasteiger charge is 2.19. The first-order valence-corrected chi connectivity index (χ1v) is 10.9. The Labute approximate surface area is 185 Å². The quantitative estimate of drug-likeness (QED) is 0.355. The molecule has 0 aliphatic carbocycles. The molecule has 0 aliphatic rings. The van der Waals surface area contributed by atoms with Crippen LogP contribution in [-0.2, 0) is 10.0 Å². The Morgan fingerprint density at radius 2 is 1.70 bits per heavy atom. The van der Waals surface area contributed by atoms with Crippen LogP contribution in [0.4, 0.5) is 17.1 Å². The van der Waals surface area contributed by atoms with Crippen molar-refractivity contribution in [2.75, 3.05) is 10.0 Å². The van der Waals surface area contributed by atoms with E-state index in [9.17, 15) is 23.3 Å².